The lowest BCUT2D eigenvalue weighted by atomic mass is 10.1. The second kappa shape index (κ2) is 35.0. The van der Waals surface area contributed by atoms with E-state index in [0.29, 0.717) is 38.5 Å². The molecule has 9 unspecified atom stereocenters. The quantitative estimate of drug-likeness (QED) is 0.0470. The number of rotatable bonds is 37. The van der Waals surface area contributed by atoms with Gasteiger partial charge in [-0.3, -0.25) is 47.9 Å². The maximum Gasteiger partial charge on any atom is 0.242 e. The van der Waals surface area contributed by atoms with Gasteiger partial charge in [0.05, 0.1) is 57.1 Å². The summed E-state index contributed by atoms with van der Waals surface area (Å²) >= 11 is 0. The molecule has 0 aliphatic rings. The van der Waals surface area contributed by atoms with E-state index in [9.17, 15) is 68.4 Å². The van der Waals surface area contributed by atoms with E-state index in [1.54, 1.807) is 34.6 Å². The topological polar surface area (TPSA) is 307 Å². The second-order valence-corrected chi connectivity index (χ2v) is 20.1. The highest BCUT2D eigenvalue weighted by atomic mass is 16.3. The van der Waals surface area contributed by atoms with E-state index in [1.165, 1.54) is 52.2 Å². The fraction of sp³-hybridized carbons (Fsp3) is 0.804. The zero-order valence-electron chi connectivity index (χ0n) is 47.5. The Morgan fingerprint density at radius 1 is 0.347 bits per heavy atom. The molecule has 0 heterocycles. The van der Waals surface area contributed by atoms with Crippen molar-refractivity contribution >= 4 is 59.6 Å². The van der Waals surface area contributed by atoms with Gasteiger partial charge < -0.3 is 70.3 Å². The summed E-state index contributed by atoms with van der Waals surface area (Å²) in [5.74, 6) is -6.24. The molecule has 0 aliphatic carbocycles. The van der Waals surface area contributed by atoms with Crippen LogP contribution >= 0.6 is 0 Å². The first-order chi connectivity index (χ1) is 34.9. The largest absolute Gasteiger partial charge is 0.392 e. The smallest absolute Gasteiger partial charge is 0.242 e. The molecule has 0 aromatic rings. The molecule has 0 saturated carbocycles. The minimum atomic E-state index is -1.19. The van der Waals surface area contributed by atoms with E-state index in [2.05, 4.69) is 0 Å². The lowest BCUT2D eigenvalue weighted by molar-refractivity contribution is -0.152. The van der Waals surface area contributed by atoms with E-state index < -0.39 is 155 Å². The predicted octanol–water partition coefficient (Wildman–Crippen LogP) is -0.925. The van der Waals surface area contributed by atoms with Gasteiger partial charge in [-0.05, 0) is 94.4 Å². The molecule has 0 aliphatic heterocycles. The summed E-state index contributed by atoms with van der Waals surface area (Å²) in [5.41, 5.74) is 5.30. The lowest BCUT2D eigenvalue weighted by Gasteiger charge is -2.37. The van der Waals surface area contributed by atoms with Crippen LogP contribution in [0.4, 0.5) is 0 Å². The van der Waals surface area contributed by atoms with Crippen LogP contribution in [0.1, 0.15) is 129 Å². The SMILES string of the molecule is CCC(C)N(C=O)CC(=O)N(CC(=O)N(CC(=O)N(CC(=O)N(CC(=O)N(CC(=O)N(CC(=O)N(CC(=O)N(CC(N)=O)CC(C)O)CC(C)O)CC(C)O)CC(C)O)C(C)CC)C(C)CC)C(C)CC)C(C)CC. The molecule has 0 aromatic carbocycles. The Kier molecular flexibility index (Phi) is 32.4. The highest BCUT2D eigenvalue weighted by Crippen LogP contribution is 2.16. The normalized spacial score (nSPS) is 14.8. The number of carbonyl (C=O) groups excluding carboxylic acids is 10. The van der Waals surface area contributed by atoms with Crippen LogP contribution in [0.3, 0.4) is 0 Å². The van der Waals surface area contributed by atoms with E-state index >= 15 is 0 Å². The van der Waals surface area contributed by atoms with Crippen LogP contribution in [0.15, 0.2) is 0 Å². The van der Waals surface area contributed by atoms with Crippen molar-refractivity contribution in [3.8, 4) is 0 Å². The molecule has 432 valence electrons. The number of primary amides is 1. The van der Waals surface area contributed by atoms with Gasteiger partial charge in [-0.1, -0.05) is 34.6 Å². The molecular weight excluding hydrogens is 977 g/mol. The summed E-state index contributed by atoms with van der Waals surface area (Å²) in [5, 5.41) is 41.1. The Morgan fingerprint density at radius 3 is 0.773 bits per heavy atom. The average Bonchev–Trinajstić information content (AvgIpc) is 3.33. The number of hydrogen-bond acceptors (Lipinski definition) is 14. The highest BCUT2D eigenvalue weighted by molar-refractivity contribution is 5.94. The van der Waals surface area contributed by atoms with Crippen molar-refractivity contribution in [3.63, 3.8) is 0 Å². The van der Waals surface area contributed by atoms with Crippen molar-refractivity contribution in [2.24, 2.45) is 5.73 Å². The van der Waals surface area contributed by atoms with Crippen molar-refractivity contribution in [2.75, 3.05) is 85.1 Å². The molecule has 0 bridgehead atoms. The van der Waals surface area contributed by atoms with E-state index in [0.717, 1.165) is 19.6 Å². The Labute approximate surface area is 445 Å². The number of aliphatic hydroxyl groups is 4. The molecule has 0 rings (SSSR count). The third-order valence-corrected chi connectivity index (χ3v) is 13.3. The van der Waals surface area contributed by atoms with Crippen LogP contribution in [0, 0.1) is 0 Å². The van der Waals surface area contributed by atoms with Gasteiger partial charge in [0.2, 0.25) is 59.6 Å². The standard InChI is InChI=1S/C51H94N10O14/c1-15-34(6)57(33-62)28-48(72)59(36(8)17-3)30-50(74)61(38(10)19-5)32-51(75)60(37(9)18-4)31-49(73)58(35(7)16-2)29-47(71)56(23-42(14)66)27-46(70)55(22-41(13)65)26-45(69)54(21-40(12)64)25-44(68)53(20-39(11)63)24-43(52)67/h33-42,63-66H,15-32H2,1-14H3,(H2,52,67). The predicted molar refractivity (Wildman–Crippen MR) is 281 cm³/mol. The maximum absolute atomic E-state index is 14.4. The number of nitrogens with two attached hydrogens (primary N) is 1. The van der Waals surface area contributed by atoms with E-state index in [1.807, 2.05) is 34.6 Å². The van der Waals surface area contributed by atoms with Gasteiger partial charge >= 0.3 is 0 Å². The summed E-state index contributed by atoms with van der Waals surface area (Å²) in [6.45, 7) is 17.2. The molecule has 0 radical (unpaired) electrons. The summed E-state index contributed by atoms with van der Waals surface area (Å²) in [7, 11) is 0. The van der Waals surface area contributed by atoms with Crippen molar-refractivity contribution in [1.82, 2.24) is 44.1 Å². The van der Waals surface area contributed by atoms with Crippen LogP contribution in [-0.2, 0) is 47.9 Å². The van der Waals surface area contributed by atoms with Gasteiger partial charge in [-0.15, -0.1) is 0 Å². The van der Waals surface area contributed by atoms with Crippen LogP contribution in [0.2, 0.25) is 0 Å². The fourth-order valence-corrected chi connectivity index (χ4v) is 7.85. The lowest BCUT2D eigenvalue weighted by Crippen LogP contribution is -2.56. The summed E-state index contributed by atoms with van der Waals surface area (Å²) in [6.07, 6.45) is -1.60. The minimum Gasteiger partial charge on any atom is -0.392 e. The number of nitrogens with zero attached hydrogens (tertiary/aromatic N) is 9. The molecule has 0 aromatic heterocycles. The molecule has 24 nitrogen and oxygen atoms in total. The molecule has 10 amide bonds. The molecule has 0 fully saturated rings. The third kappa shape index (κ3) is 24.8. The van der Waals surface area contributed by atoms with Gasteiger partial charge in [0, 0.05) is 56.4 Å². The second-order valence-electron chi connectivity index (χ2n) is 20.1. The zero-order valence-corrected chi connectivity index (χ0v) is 47.5. The highest BCUT2D eigenvalue weighted by Gasteiger charge is 2.35. The van der Waals surface area contributed by atoms with Gasteiger partial charge in [-0.2, -0.15) is 0 Å². The van der Waals surface area contributed by atoms with E-state index in [4.69, 9.17) is 5.73 Å². The summed E-state index contributed by atoms with van der Waals surface area (Å²) in [6, 6.07) is -2.13. The van der Waals surface area contributed by atoms with Gasteiger partial charge in [0.25, 0.3) is 0 Å². The molecular formula is C51H94N10O14. The van der Waals surface area contributed by atoms with E-state index in [-0.39, 0.29) is 38.3 Å². The van der Waals surface area contributed by atoms with Crippen molar-refractivity contribution in [2.45, 2.75) is 184 Å². The molecule has 6 N–H and O–H groups in total. The summed E-state index contributed by atoms with van der Waals surface area (Å²) < 4.78 is 0. The molecule has 0 saturated heterocycles. The molecule has 24 heteroatoms. The zero-order chi connectivity index (χ0) is 58.0. The first-order valence-electron chi connectivity index (χ1n) is 26.4. The third-order valence-electron chi connectivity index (χ3n) is 13.3. The number of aliphatic hydroxyl groups excluding tert-OH is 4. The Bertz CT molecular complexity index is 1850. The molecule has 9 atom stereocenters. The van der Waals surface area contributed by atoms with Crippen molar-refractivity contribution < 1.29 is 68.4 Å². The van der Waals surface area contributed by atoms with Crippen molar-refractivity contribution in [3.05, 3.63) is 0 Å². The van der Waals surface area contributed by atoms with Crippen LogP contribution in [-0.4, -0.2) is 264 Å². The maximum atomic E-state index is 14.4. The number of carbonyl (C=O) groups is 10. The molecule has 75 heavy (non-hydrogen) atoms. The number of hydrogen-bond donors (Lipinski definition) is 5. The fourth-order valence-electron chi connectivity index (χ4n) is 7.85. The van der Waals surface area contributed by atoms with Gasteiger partial charge in [0.15, 0.2) is 0 Å². The summed E-state index contributed by atoms with van der Waals surface area (Å²) in [4.78, 5) is 146. The minimum absolute atomic E-state index is 0.209. The van der Waals surface area contributed by atoms with Gasteiger partial charge in [-0.25, -0.2) is 0 Å². The Morgan fingerprint density at radius 2 is 0.560 bits per heavy atom. The van der Waals surface area contributed by atoms with Crippen LogP contribution in [0.25, 0.3) is 0 Å². The average molecular weight is 1070 g/mol. The Hall–Kier alpha value is -5.46. The van der Waals surface area contributed by atoms with Crippen LogP contribution < -0.4 is 5.73 Å². The first kappa shape index (κ1) is 69.5. The monoisotopic (exact) mass is 1070 g/mol. The van der Waals surface area contributed by atoms with Crippen molar-refractivity contribution in [1.29, 1.82) is 0 Å². The Balaban J connectivity index is 6.81. The van der Waals surface area contributed by atoms with Crippen LogP contribution in [0.5, 0.6) is 0 Å². The number of amides is 10. The molecule has 0 spiro atoms. The van der Waals surface area contributed by atoms with Gasteiger partial charge in [0.1, 0.15) is 26.2 Å². The first-order valence-corrected chi connectivity index (χ1v) is 26.4.